The lowest BCUT2D eigenvalue weighted by Gasteiger charge is -2.27. The number of rotatable bonds is 2. The van der Waals surface area contributed by atoms with Crippen molar-refractivity contribution in [2.75, 3.05) is 26.2 Å². The second-order valence-electron chi connectivity index (χ2n) is 3.99. The number of halogens is 4. The average Bonchev–Trinajstić information content (AvgIpc) is 2.35. The second kappa shape index (κ2) is 5.37. The molecule has 1 aliphatic heterocycles. The molecule has 1 aromatic carbocycles. The summed E-state index contributed by atoms with van der Waals surface area (Å²) in [5, 5.41) is 3.17. The first-order valence-electron chi connectivity index (χ1n) is 5.34. The zero-order valence-electron chi connectivity index (χ0n) is 9.07. The molecular weight excluding hydrogens is 297 g/mol. The van der Waals surface area contributed by atoms with E-state index in [1.807, 2.05) is 4.90 Å². The van der Waals surface area contributed by atoms with E-state index in [0.29, 0.717) is 6.54 Å². The van der Waals surface area contributed by atoms with E-state index in [9.17, 15) is 13.2 Å². The van der Waals surface area contributed by atoms with Gasteiger partial charge in [-0.1, -0.05) is 0 Å². The Balaban J connectivity index is 2.20. The van der Waals surface area contributed by atoms with Crippen LogP contribution in [0, 0.1) is 17.5 Å². The minimum absolute atomic E-state index is 0.178. The molecule has 1 heterocycles. The van der Waals surface area contributed by atoms with Gasteiger partial charge in [0.2, 0.25) is 0 Å². The summed E-state index contributed by atoms with van der Waals surface area (Å²) in [4.78, 5) is 2.00. The van der Waals surface area contributed by atoms with Crippen molar-refractivity contribution in [1.82, 2.24) is 10.2 Å². The molecule has 94 valence electrons. The van der Waals surface area contributed by atoms with Gasteiger partial charge in [0.15, 0.2) is 11.6 Å². The molecule has 0 aromatic heterocycles. The van der Waals surface area contributed by atoms with Crippen LogP contribution in [-0.4, -0.2) is 31.1 Å². The molecule has 0 aliphatic carbocycles. The van der Waals surface area contributed by atoms with Gasteiger partial charge in [-0.25, -0.2) is 13.2 Å². The fourth-order valence-electron chi connectivity index (χ4n) is 1.85. The summed E-state index contributed by atoms with van der Waals surface area (Å²) in [6.07, 6.45) is 0. The normalized spacial score (nSPS) is 17.4. The Morgan fingerprint density at radius 3 is 2.47 bits per heavy atom. The summed E-state index contributed by atoms with van der Waals surface area (Å²) < 4.78 is 39.5. The molecule has 1 saturated heterocycles. The fourth-order valence-corrected chi connectivity index (χ4v) is 2.29. The van der Waals surface area contributed by atoms with Crippen molar-refractivity contribution >= 4 is 15.9 Å². The zero-order chi connectivity index (χ0) is 12.4. The van der Waals surface area contributed by atoms with Crippen molar-refractivity contribution in [3.8, 4) is 0 Å². The maximum Gasteiger partial charge on any atom is 0.175 e. The zero-order valence-corrected chi connectivity index (χ0v) is 10.7. The number of hydrogen-bond acceptors (Lipinski definition) is 2. The Hall–Kier alpha value is -0.590. The number of piperazine rings is 1. The van der Waals surface area contributed by atoms with Crippen LogP contribution in [0.15, 0.2) is 10.5 Å². The predicted octanol–water partition coefficient (Wildman–Crippen LogP) is 2.27. The van der Waals surface area contributed by atoms with Crippen LogP contribution in [0.3, 0.4) is 0 Å². The Bertz CT molecular complexity index is 420. The Labute approximate surface area is 106 Å². The van der Waals surface area contributed by atoms with Crippen LogP contribution in [-0.2, 0) is 6.54 Å². The van der Waals surface area contributed by atoms with Crippen LogP contribution in [0.4, 0.5) is 13.2 Å². The van der Waals surface area contributed by atoms with Gasteiger partial charge in [0.1, 0.15) is 5.82 Å². The van der Waals surface area contributed by atoms with E-state index >= 15 is 0 Å². The van der Waals surface area contributed by atoms with Gasteiger partial charge in [-0.3, -0.25) is 4.90 Å². The highest BCUT2D eigenvalue weighted by molar-refractivity contribution is 9.10. The molecule has 0 amide bonds. The van der Waals surface area contributed by atoms with E-state index < -0.39 is 21.9 Å². The Morgan fingerprint density at radius 2 is 1.82 bits per heavy atom. The highest BCUT2D eigenvalue weighted by Crippen LogP contribution is 2.26. The Kier molecular flexibility index (Phi) is 4.06. The van der Waals surface area contributed by atoms with Gasteiger partial charge in [-0.15, -0.1) is 0 Å². The van der Waals surface area contributed by atoms with E-state index in [4.69, 9.17) is 0 Å². The monoisotopic (exact) mass is 308 g/mol. The Morgan fingerprint density at radius 1 is 1.18 bits per heavy atom. The van der Waals surface area contributed by atoms with E-state index in [1.165, 1.54) is 0 Å². The molecule has 0 radical (unpaired) electrons. The summed E-state index contributed by atoms with van der Waals surface area (Å²) in [5.74, 6) is -2.92. The highest BCUT2D eigenvalue weighted by Gasteiger charge is 2.19. The number of hydrogen-bond donors (Lipinski definition) is 1. The lowest BCUT2D eigenvalue weighted by Crippen LogP contribution is -2.43. The van der Waals surface area contributed by atoms with Crippen molar-refractivity contribution in [3.05, 3.63) is 33.6 Å². The van der Waals surface area contributed by atoms with Gasteiger partial charge in [0.25, 0.3) is 0 Å². The van der Waals surface area contributed by atoms with Crippen LogP contribution >= 0.6 is 15.9 Å². The molecule has 6 heteroatoms. The first-order chi connectivity index (χ1) is 8.09. The maximum atomic E-state index is 13.7. The van der Waals surface area contributed by atoms with Gasteiger partial charge in [-0.05, 0) is 22.0 Å². The molecular formula is C11H12BrF3N2. The summed E-state index contributed by atoms with van der Waals surface area (Å²) in [6, 6.07) is 0.928. The molecule has 0 saturated carbocycles. The van der Waals surface area contributed by atoms with Crippen LogP contribution in [0.2, 0.25) is 0 Å². The fraction of sp³-hybridized carbons (Fsp3) is 0.455. The van der Waals surface area contributed by atoms with Crippen LogP contribution < -0.4 is 5.32 Å². The largest absolute Gasteiger partial charge is 0.314 e. The lowest BCUT2D eigenvalue weighted by atomic mass is 10.1. The van der Waals surface area contributed by atoms with Gasteiger partial charge in [0, 0.05) is 38.3 Å². The van der Waals surface area contributed by atoms with E-state index in [1.54, 1.807) is 0 Å². The van der Waals surface area contributed by atoms with Crippen LogP contribution in [0.5, 0.6) is 0 Å². The first kappa shape index (κ1) is 12.9. The molecule has 0 spiro atoms. The lowest BCUT2D eigenvalue weighted by molar-refractivity contribution is 0.229. The van der Waals surface area contributed by atoms with E-state index in [0.717, 1.165) is 32.2 Å². The van der Waals surface area contributed by atoms with Crippen LogP contribution in [0.25, 0.3) is 0 Å². The summed E-state index contributed by atoms with van der Waals surface area (Å²) in [6.45, 7) is 3.49. The molecule has 1 aromatic rings. The molecule has 1 aliphatic rings. The molecule has 2 rings (SSSR count). The minimum Gasteiger partial charge on any atom is -0.314 e. The third-order valence-corrected chi connectivity index (χ3v) is 3.48. The smallest absolute Gasteiger partial charge is 0.175 e. The standard InChI is InChI=1S/C11H12BrF3N2/c12-9-10(14)7(5-8(13)11(9)15)6-17-3-1-16-2-4-17/h5,16H,1-4,6H2. The first-order valence-corrected chi connectivity index (χ1v) is 6.14. The topological polar surface area (TPSA) is 15.3 Å². The third kappa shape index (κ3) is 2.81. The quantitative estimate of drug-likeness (QED) is 0.666. The van der Waals surface area contributed by atoms with E-state index in [-0.39, 0.29) is 5.56 Å². The maximum absolute atomic E-state index is 13.7. The predicted molar refractivity (Wildman–Crippen MR) is 62.2 cm³/mol. The molecule has 2 nitrogen and oxygen atoms in total. The van der Waals surface area contributed by atoms with Crippen molar-refractivity contribution in [2.24, 2.45) is 0 Å². The van der Waals surface area contributed by atoms with Crippen molar-refractivity contribution in [1.29, 1.82) is 0 Å². The number of benzene rings is 1. The SMILES string of the molecule is Fc1cc(CN2CCNCC2)c(F)c(Br)c1F. The molecule has 0 atom stereocenters. The molecule has 0 unspecified atom stereocenters. The third-order valence-electron chi connectivity index (χ3n) is 2.78. The molecule has 1 fully saturated rings. The second-order valence-corrected chi connectivity index (χ2v) is 4.78. The van der Waals surface area contributed by atoms with Gasteiger partial charge < -0.3 is 5.32 Å². The van der Waals surface area contributed by atoms with Gasteiger partial charge in [-0.2, -0.15) is 0 Å². The molecule has 1 N–H and O–H groups in total. The minimum atomic E-state index is -1.17. The molecule has 0 bridgehead atoms. The van der Waals surface area contributed by atoms with Gasteiger partial charge in [0.05, 0.1) is 4.47 Å². The van der Waals surface area contributed by atoms with Crippen molar-refractivity contribution in [3.63, 3.8) is 0 Å². The van der Waals surface area contributed by atoms with Gasteiger partial charge >= 0.3 is 0 Å². The molecule has 17 heavy (non-hydrogen) atoms. The summed E-state index contributed by atoms with van der Waals surface area (Å²) >= 11 is 2.72. The summed E-state index contributed by atoms with van der Waals surface area (Å²) in [5.41, 5.74) is 0.178. The van der Waals surface area contributed by atoms with Crippen LogP contribution in [0.1, 0.15) is 5.56 Å². The highest BCUT2D eigenvalue weighted by atomic mass is 79.9. The van der Waals surface area contributed by atoms with E-state index in [2.05, 4.69) is 21.2 Å². The summed E-state index contributed by atoms with van der Waals surface area (Å²) in [7, 11) is 0. The van der Waals surface area contributed by atoms with Crippen molar-refractivity contribution < 1.29 is 13.2 Å². The van der Waals surface area contributed by atoms with Crippen molar-refractivity contribution in [2.45, 2.75) is 6.54 Å². The average molecular weight is 309 g/mol. The number of nitrogens with one attached hydrogen (secondary N) is 1. The number of nitrogens with zero attached hydrogens (tertiary/aromatic N) is 1.